The number of carbonyl (C=O) groups is 2. The molecular formula is C15H14N2O3. The molecule has 0 unspecified atom stereocenters. The van der Waals surface area contributed by atoms with E-state index < -0.39 is 5.97 Å². The Morgan fingerprint density at radius 2 is 1.85 bits per heavy atom. The first-order valence-corrected chi connectivity index (χ1v) is 6.05. The molecule has 5 nitrogen and oxygen atoms in total. The molecule has 1 heterocycles. The van der Waals surface area contributed by atoms with Gasteiger partial charge in [-0.3, -0.25) is 9.78 Å². The molecular weight excluding hydrogens is 256 g/mol. The molecule has 2 aromatic rings. The van der Waals surface area contributed by atoms with Crippen LogP contribution in [0, 0.1) is 13.8 Å². The van der Waals surface area contributed by atoms with Crippen molar-refractivity contribution in [3.05, 3.63) is 58.9 Å². The van der Waals surface area contributed by atoms with E-state index in [0.717, 1.165) is 11.3 Å². The largest absolute Gasteiger partial charge is 0.478 e. The van der Waals surface area contributed by atoms with Crippen LogP contribution in [0.5, 0.6) is 0 Å². The lowest BCUT2D eigenvalue weighted by atomic mass is 10.1. The van der Waals surface area contributed by atoms with E-state index in [2.05, 4.69) is 10.3 Å². The smallest absolute Gasteiger partial charge is 0.335 e. The highest BCUT2D eigenvalue weighted by atomic mass is 16.4. The summed E-state index contributed by atoms with van der Waals surface area (Å²) in [6.07, 6.45) is 1.56. The van der Waals surface area contributed by atoms with Gasteiger partial charge in [-0.2, -0.15) is 0 Å². The van der Waals surface area contributed by atoms with Gasteiger partial charge in [-0.25, -0.2) is 4.79 Å². The number of nitrogens with one attached hydrogen (secondary N) is 1. The molecule has 0 saturated carbocycles. The molecule has 5 heteroatoms. The average molecular weight is 270 g/mol. The van der Waals surface area contributed by atoms with Crippen molar-refractivity contribution < 1.29 is 14.7 Å². The fourth-order valence-corrected chi connectivity index (χ4v) is 1.77. The summed E-state index contributed by atoms with van der Waals surface area (Å²) in [5.74, 6) is -1.32. The van der Waals surface area contributed by atoms with Crippen LogP contribution in [0.2, 0.25) is 0 Å². The number of aromatic nitrogens is 1. The molecule has 0 atom stereocenters. The predicted octanol–water partition coefficient (Wildman–Crippen LogP) is 2.65. The molecule has 20 heavy (non-hydrogen) atoms. The first-order chi connectivity index (χ1) is 9.47. The third kappa shape index (κ3) is 3.00. The number of amides is 1. The second kappa shape index (κ2) is 5.52. The van der Waals surface area contributed by atoms with Crippen molar-refractivity contribution in [3.63, 3.8) is 0 Å². The van der Waals surface area contributed by atoms with E-state index in [1.807, 2.05) is 0 Å². The summed E-state index contributed by atoms with van der Waals surface area (Å²) in [6, 6.07) is 7.90. The van der Waals surface area contributed by atoms with Gasteiger partial charge < -0.3 is 10.4 Å². The Kier molecular flexibility index (Phi) is 3.79. The molecule has 2 N–H and O–H groups in total. The molecule has 0 aliphatic rings. The van der Waals surface area contributed by atoms with Gasteiger partial charge in [-0.1, -0.05) is 6.07 Å². The van der Waals surface area contributed by atoms with E-state index in [0.29, 0.717) is 11.3 Å². The van der Waals surface area contributed by atoms with Crippen molar-refractivity contribution in [2.24, 2.45) is 0 Å². The summed E-state index contributed by atoms with van der Waals surface area (Å²) >= 11 is 0. The number of pyridine rings is 1. The molecule has 0 fully saturated rings. The summed E-state index contributed by atoms with van der Waals surface area (Å²) in [5, 5.41) is 11.7. The van der Waals surface area contributed by atoms with Crippen LogP contribution in [-0.2, 0) is 0 Å². The van der Waals surface area contributed by atoms with E-state index in [-0.39, 0.29) is 11.5 Å². The van der Waals surface area contributed by atoms with Gasteiger partial charge in [-0.05, 0) is 43.7 Å². The van der Waals surface area contributed by atoms with Crippen LogP contribution in [0.15, 0.2) is 36.5 Å². The molecule has 0 bridgehead atoms. The van der Waals surface area contributed by atoms with Crippen molar-refractivity contribution in [1.29, 1.82) is 0 Å². The molecule has 0 spiro atoms. The minimum absolute atomic E-state index is 0.136. The lowest BCUT2D eigenvalue weighted by Crippen LogP contribution is -2.13. The summed E-state index contributed by atoms with van der Waals surface area (Å²) in [5.41, 5.74) is 2.65. The molecule has 1 amide bonds. The number of hydrogen-bond donors (Lipinski definition) is 2. The third-order valence-corrected chi connectivity index (χ3v) is 2.89. The second-order valence-electron chi connectivity index (χ2n) is 4.47. The van der Waals surface area contributed by atoms with Crippen molar-refractivity contribution >= 4 is 17.6 Å². The van der Waals surface area contributed by atoms with E-state index in [1.54, 1.807) is 38.2 Å². The minimum Gasteiger partial charge on any atom is -0.478 e. The Labute approximate surface area is 116 Å². The zero-order chi connectivity index (χ0) is 14.7. The fraction of sp³-hybridized carbons (Fsp3) is 0.133. The molecule has 2 rings (SSSR count). The van der Waals surface area contributed by atoms with Crippen molar-refractivity contribution in [2.45, 2.75) is 13.8 Å². The van der Waals surface area contributed by atoms with E-state index in [9.17, 15) is 9.59 Å². The number of nitrogens with zero attached hydrogens (tertiary/aromatic N) is 1. The first-order valence-electron chi connectivity index (χ1n) is 6.05. The van der Waals surface area contributed by atoms with Gasteiger partial charge in [0.15, 0.2) is 0 Å². The molecule has 0 saturated heterocycles. The maximum Gasteiger partial charge on any atom is 0.335 e. The van der Waals surface area contributed by atoms with Crippen LogP contribution in [-0.4, -0.2) is 22.0 Å². The second-order valence-corrected chi connectivity index (χ2v) is 4.47. The van der Waals surface area contributed by atoms with Crippen LogP contribution in [0.1, 0.15) is 32.0 Å². The highest BCUT2D eigenvalue weighted by Gasteiger charge is 2.10. The number of carboxylic acid groups (broad SMARTS) is 1. The Morgan fingerprint density at radius 1 is 1.10 bits per heavy atom. The van der Waals surface area contributed by atoms with Crippen molar-refractivity contribution in [3.8, 4) is 0 Å². The number of carbonyl (C=O) groups excluding carboxylic acids is 1. The normalized spacial score (nSPS) is 10.1. The predicted molar refractivity (Wildman–Crippen MR) is 75.1 cm³/mol. The number of carboxylic acids is 1. The Bertz CT molecular complexity index is 681. The number of anilines is 1. The van der Waals surface area contributed by atoms with Gasteiger partial charge in [-0.15, -0.1) is 0 Å². The van der Waals surface area contributed by atoms with Crippen LogP contribution in [0.3, 0.4) is 0 Å². The van der Waals surface area contributed by atoms with Gasteiger partial charge >= 0.3 is 5.97 Å². The molecule has 0 aliphatic heterocycles. The summed E-state index contributed by atoms with van der Waals surface area (Å²) < 4.78 is 0. The fourth-order valence-electron chi connectivity index (χ4n) is 1.77. The Hall–Kier alpha value is -2.69. The van der Waals surface area contributed by atoms with Gasteiger partial charge in [0.25, 0.3) is 5.91 Å². The maximum atomic E-state index is 12.1. The van der Waals surface area contributed by atoms with Crippen LogP contribution in [0.25, 0.3) is 0 Å². The lowest BCUT2D eigenvalue weighted by molar-refractivity contribution is 0.0696. The molecule has 1 aromatic heterocycles. The van der Waals surface area contributed by atoms with E-state index >= 15 is 0 Å². The topological polar surface area (TPSA) is 79.3 Å². The highest BCUT2D eigenvalue weighted by Crippen LogP contribution is 2.18. The van der Waals surface area contributed by atoms with Crippen LogP contribution in [0.4, 0.5) is 5.69 Å². The standard InChI is InChI=1S/C15H14N2O3/c1-9-3-4-12(15(19)20)8-13(9)17-14(18)11-5-6-16-10(2)7-11/h3-8H,1-2H3,(H,17,18)(H,19,20). The van der Waals surface area contributed by atoms with Gasteiger partial charge in [0.05, 0.1) is 5.56 Å². The maximum absolute atomic E-state index is 12.1. The van der Waals surface area contributed by atoms with Gasteiger partial charge in [0.1, 0.15) is 0 Å². The van der Waals surface area contributed by atoms with E-state index in [1.165, 1.54) is 12.1 Å². The lowest BCUT2D eigenvalue weighted by Gasteiger charge is -2.09. The third-order valence-electron chi connectivity index (χ3n) is 2.89. The summed E-state index contributed by atoms with van der Waals surface area (Å²) in [6.45, 7) is 3.60. The monoisotopic (exact) mass is 270 g/mol. The average Bonchev–Trinajstić information content (AvgIpc) is 2.41. The molecule has 1 aromatic carbocycles. The zero-order valence-electron chi connectivity index (χ0n) is 11.2. The SMILES string of the molecule is Cc1cc(C(=O)Nc2cc(C(=O)O)ccc2C)ccn1. The Morgan fingerprint density at radius 3 is 2.50 bits per heavy atom. The van der Waals surface area contributed by atoms with Crippen molar-refractivity contribution in [1.82, 2.24) is 4.98 Å². The molecule has 0 aliphatic carbocycles. The number of benzene rings is 1. The number of rotatable bonds is 3. The Balaban J connectivity index is 2.27. The number of aromatic carboxylic acids is 1. The van der Waals surface area contributed by atoms with Gasteiger partial charge in [0, 0.05) is 23.1 Å². The summed E-state index contributed by atoms with van der Waals surface area (Å²) in [4.78, 5) is 27.1. The zero-order valence-corrected chi connectivity index (χ0v) is 11.2. The highest BCUT2D eigenvalue weighted by molar-refractivity contribution is 6.05. The minimum atomic E-state index is -1.03. The van der Waals surface area contributed by atoms with E-state index in [4.69, 9.17) is 5.11 Å². The summed E-state index contributed by atoms with van der Waals surface area (Å²) in [7, 11) is 0. The number of hydrogen-bond acceptors (Lipinski definition) is 3. The quantitative estimate of drug-likeness (QED) is 0.898. The van der Waals surface area contributed by atoms with Crippen LogP contribution >= 0.6 is 0 Å². The van der Waals surface area contributed by atoms with Gasteiger partial charge in [0.2, 0.25) is 0 Å². The van der Waals surface area contributed by atoms with Crippen molar-refractivity contribution in [2.75, 3.05) is 5.32 Å². The van der Waals surface area contributed by atoms with Crippen LogP contribution < -0.4 is 5.32 Å². The number of aryl methyl sites for hydroxylation is 2. The molecule has 0 radical (unpaired) electrons. The first kappa shape index (κ1) is 13.7. The molecule has 102 valence electrons.